The van der Waals surface area contributed by atoms with Crippen LogP contribution in [0.4, 0.5) is 5.69 Å². The quantitative estimate of drug-likeness (QED) is 0.612. The van der Waals surface area contributed by atoms with E-state index in [-0.39, 0.29) is 5.57 Å². The molecule has 0 bridgehead atoms. The molecular formula is C14H13NO2. The summed E-state index contributed by atoms with van der Waals surface area (Å²) in [4.78, 5) is 10.8. The molecule has 0 aromatic heterocycles. The van der Waals surface area contributed by atoms with E-state index in [4.69, 9.17) is 10.8 Å². The van der Waals surface area contributed by atoms with E-state index in [1.807, 2.05) is 36.4 Å². The number of benzene rings is 2. The summed E-state index contributed by atoms with van der Waals surface area (Å²) in [6, 6.07) is 11.6. The lowest BCUT2D eigenvalue weighted by molar-refractivity contribution is -0.132. The zero-order valence-electron chi connectivity index (χ0n) is 9.47. The van der Waals surface area contributed by atoms with Crippen molar-refractivity contribution in [2.24, 2.45) is 0 Å². The van der Waals surface area contributed by atoms with Crippen molar-refractivity contribution in [2.45, 2.75) is 6.92 Å². The number of hydrogen-bond acceptors (Lipinski definition) is 2. The van der Waals surface area contributed by atoms with E-state index in [0.717, 1.165) is 16.3 Å². The van der Waals surface area contributed by atoms with Crippen molar-refractivity contribution in [1.29, 1.82) is 0 Å². The smallest absolute Gasteiger partial charge is 0.331 e. The van der Waals surface area contributed by atoms with E-state index in [9.17, 15) is 4.79 Å². The fourth-order valence-electron chi connectivity index (χ4n) is 1.70. The van der Waals surface area contributed by atoms with E-state index in [1.54, 1.807) is 13.0 Å². The van der Waals surface area contributed by atoms with Gasteiger partial charge in [-0.15, -0.1) is 0 Å². The van der Waals surface area contributed by atoms with Crippen LogP contribution in [0, 0.1) is 0 Å². The molecular weight excluding hydrogens is 214 g/mol. The van der Waals surface area contributed by atoms with Crippen LogP contribution in [0.25, 0.3) is 16.8 Å². The Kier molecular flexibility index (Phi) is 2.83. The molecule has 3 nitrogen and oxygen atoms in total. The van der Waals surface area contributed by atoms with Gasteiger partial charge < -0.3 is 10.8 Å². The van der Waals surface area contributed by atoms with E-state index in [0.29, 0.717) is 5.69 Å². The first kappa shape index (κ1) is 11.2. The average Bonchev–Trinajstić information content (AvgIpc) is 2.29. The molecule has 0 aliphatic carbocycles. The van der Waals surface area contributed by atoms with E-state index in [2.05, 4.69) is 0 Å². The van der Waals surface area contributed by atoms with E-state index < -0.39 is 5.97 Å². The van der Waals surface area contributed by atoms with Gasteiger partial charge in [0.05, 0.1) is 0 Å². The molecule has 0 spiro atoms. The second-order valence-electron chi connectivity index (χ2n) is 3.96. The monoisotopic (exact) mass is 227 g/mol. The second-order valence-corrected chi connectivity index (χ2v) is 3.96. The first-order valence-corrected chi connectivity index (χ1v) is 5.28. The lowest BCUT2D eigenvalue weighted by Gasteiger charge is -2.05. The Morgan fingerprint density at radius 3 is 2.41 bits per heavy atom. The summed E-state index contributed by atoms with van der Waals surface area (Å²) in [6.07, 6.45) is 1.59. The molecule has 17 heavy (non-hydrogen) atoms. The number of rotatable bonds is 2. The van der Waals surface area contributed by atoms with Gasteiger partial charge in [-0.3, -0.25) is 0 Å². The second kappa shape index (κ2) is 4.29. The average molecular weight is 227 g/mol. The molecule has 0 radical (unpaired) electrons. The van der Waals surface area contributed by atoms with Crippen LogP contribution < -0.4 is 5.73 Å². The predicted molar refractivity (Wildman–Crippen MR) is 69.6 cm³/mol. The van der Waals surface area contributed by atoms with Gasteiger partial charge in [0.25, 0.3) is 0 Å². The Bertz CT molecular complexity index is 615. The first-order chi connectivity index (χ1) is 8.08. The maximum atomic E-state index is 10.8. The Labute approximate surface area is 99.2 Å². The van der Waals surface area contributed by atoms with E-state index >= 15 is 0 Å². The predicted octanol–water partition coefficient (Wildman–Crippen LogP) is 2.91. The minimum Gasteiger partial charge on any atom is -0.478 e. The normalized spacial score (nSPS) is 11.7. The van der Waals surface area contributed by atoms with Gasteiger partial charge in [0.15, 0.2) is 0 Å². The minimum absolute atomic E-state index is 0.270. The third-order valence-electron chi connectivity index (χ3n) is 2.66. The standard InChI is InChI=1S/C14H13NO2/c1-9(14(16)17)6-12-7-10-4-2-3-5-11(10)8-13(12)15/h2-8H,15H2,1H3,(H,16,17)/b9-6+. The first-order valence-electron chi connectivity index (χ1n) is 5.28. The van der Waals surface area contributed by atoms with Crippen molar-refractivity contribution in [3.8, 4) is 0 Å². The molecule has 0 saturated carbocycles. The van der Waals surface area contributed by atoms with Crippen LogP contribution >= 0.6 is 0 Å². The van der Waals surface area contributed by atoms with Crippen molar-refractivity contribution >= 4 is 28.5 Å². The van der Waals surface area contributed by atoms with Crippen molar-refractivity contribution in [3.05, 3.63) is 47.5 Å². The van der Waals surface area contributed by atoms with Crippen LogP contribution in [0.2, 0.25) is 0 Å². The summed E-state index contributed by atoms with van der Waals surface area (Å²) in [5.41, 5.74) is 7.49. The van der Waals surface area contributed by atoms with Gasteiger partial charge in [-0.25, -0.2) is 4.79 Å². The molecule has 0 heterocycles. The summed E-state index contributed by atoms with van der Waals surface area (Å²) in [5.74, 6) is -0.933. The SMILES string of the molecule is C/C(=C\c1cc2ccccc2cc1N)C(=O)O. The third kappa shape index (κ3) is 2.28. The third-order valence-corrected chi connectivity index (χ3v) is 2.66. The van der Waals surface area contributed by atoms with Crippen molar-refractivity contribution in [2.75, 3.05) is 5.73 Å². The Morgan fingerprint density at radius 2 is 1.82 bits per heavy atom. The Morgan fingerprint density at radius 1 is 1.24 bits per heavy atom. The number of carboxylic acids is 1. The van der Waals surface area contributed by atoms with Crippen LogP contribution in [-0.2, 0) is 4.79 Å². The number of anilines is 1. The van der Waals surface area contributed by atoms with Crippen molar-refractivity contribution < 1.29 is 9.90 Å². The maximum absolute atomic E-state index is 10.8. The lowest BCUT2D eigenvalue weighted by Crippen LogP contribution is -1.97. The highest BCUT2D eigenvalue weighted by Crippen LogP contribution is 2.23. The van der Waals surface area contributed by atoms with Crippen molar-refractivity contribution in [1.82, 2.24) is 0 Å². The number of carbonyl (C=O) groups is 1. The number of aliphatic carboxylic acids is 1. The number of fused-ring (bicyclic) bond motifs is 1. The number of nitrogen functional groups attached to an aromatic ring is 1. The molecule has 0 saturated heterocycles. The molecule has 0 aliphatic rings. The lowest BCUT2D eigenvalue weighted by atomic mass is 10.0. The van der Waals surface area contributed by atoms with Gasteiger partial charge in [0.2, 0.25) is 0 Å². The van der Waals surface area contributed by atoms with Crippen LogP contribution in [0.3, 0.4) is 0 Å². The summed E-state index contributed by atoms with van der Waals surface area (Å²) in [7, 11) is 0. The van der Waals surface area contributed by atoms with Crippen LogP contribution in [-0.4, -0.2) is 11.1 Å². The molecule has 0 atom stereocenters. The summed E-state index contributed by atoms with van der Waals surface area (Å²) >= 11 is 0. The molecule has 0 aliphatic heterocycles. The topological polar surface area (TPSA) is 63.3 Å². The fraction of sp³-hybridized carbons (Fsp3) is 0.0714. The molecule has 0 amide bonds. The highest BCUT2D eigenvalue weighted by atomic mass is 16.4. The molecule has 2 rings (SSSR count). The number of nitrogens with two attached hydrogens (primary N) is 1. The van der Waals surface area contributed by atoms with Gasteiger partial charge in [0, 0.05) is 11.3 Å². The highest BCUT2D eigenvalue weighted by Gasteiger charge is 2.04. The molecule has 86 valence electrons. The van der Waals surface area contributed by atoms with Gasteiger partial charge in [-0.1, -0.05) is 24.3 Å². The van der Waals surface area contributed by atoms with E-state index in [1.165, 1.54) is 0 Å². The zero-order valence-corrected chi connectivity index (χ0v) is 9.47. The summed E-state index contributed by atoms with van der Waals surface area (Å²) in [6.45, 7) is 1.55. The minimum atomic E-state index is -0.933. The number of carboxylic acid groups (broad SMARTS) is 1. The number of hydrogen-bond donors (Lipinski definition) is 2. The maximum Gasteiger partial charge on any atom is 0.331 e. The summed E-state index contributed by atoms with van der Waals surface area (Å²) < 4.78 is 0. The van der Waals surface area contributed by atoms with Gasteiger partial charge in [-0.2, -0.15) is 0 Å². The van der Waals surface area contributed by atoms with Gasteiger partial charge in [-0.05, 0) is 41.5 Å². The highest BCUT2D eigenvalue weighted by molar-refractivity contribution is 5.95. The molecule has 2 aromatic carbocycles. The molecule has 0 fully saturated rings. The fourth-order valence-corrected chi connectivity index (χ4v) is 1.70. The largest absolute Gasteiger partial charge is 0.478 e. The molecule has 0 unspecified atom stereocenters. The Hall–Kier alpha value is -2.29. The van der Waals surface area contributed by atoms with Crippen LogP contribution in [0.1, 0.15) is 12.5 Å². The van der Waals surface area contributed by atoms with Crippen LogP contribution in [0.5, 0.6) is 0 Å². The Balaban J connectivity index is 2.59. The van der Waals surface area contributed by atoms with Gasteiger partial charge >= 0.3 is 5.97 Å². The zero-order chi connectivity index (χ0) is 12.4. The van der Waals surface area contributed by atoms with Gasteiger partial charge in [0.1, 0.15) is 0 Å². The summed E-state index contributed by atoms with van der Waals surface area (Å²) in [5, 5.41) is 10.9. The molecule has 3 heteroatoms. The molecule has 3 N–H and O–H groups in total. The van der Waals surface area contributed by atoms with Crippen LogP contribution in [0.15, 0.2) is 42.0 Å². The molecule has 2 aromatic rings. The van der Waals surface area contributed by atoms with Crippen molar-refractivity contribution in [3.63, 3.8) is 0 Å².